The number of para-hydroxylation sites is 1. The van der Waals surface area contributed by atoms with Crippen LogP contribution >= 0.6 is 23.2 Å². The molecule has 0 aliphatic rings. The number of aromatic hydroxyl groups is 1. The first-order valence-corrected chi connectivity index (χ1v) is 6.74. The zero-order valence-corrected chi connectivity index (χ0v) is 12.0. The van der Waals surface area contributed by atoms with Crippen LogP contribution in [0.15, 0.2) is 36.4 Å². The van der Waals surface area contributed by atoms with Gasteiger partial charge in [-0.2, -0.15) is 5.10 Å². The number of carbonyl (C=O) groups excluding carboxylic acids is 1. The van der Waals surface area contributed by atoms with Gasteiger partial charge in [-0.15, -0.1) is 0 Å². The second-order valence-electron chi connectivity index (χ2n) is 4.36. The minimum atomic E-state index is -0.398. The zero-order valence-electron chi connectivity index (χ0n) is 10.5. The third-order valence-corrected chi connectivity index (χ3v) is 3.54. The first-order chi connectivity index (χ1) is 10.1. The Kier molecular flexibility index (Phi) is 3.45. The molecular formula is C14H9Cl2N3O2. The molecular weight excluding hydrogens is 313 g/mol. The fourth-order valence-electron chi connectivity index (χ4n) is 1.96. The van der Waals surface area contributed by atoms with Gasteiger partial charge in [0, 0.05) is 11.1 Å². The van der Waals surface area contributed by atoms with E-state index in [-0.39, 0.29) is 21.5 Å². The Labute approximate surface area is 129 Å². The van der Waals surface area contributed by atoms with Gasteiger partial charge in [-0.3, -0.25) is 9.89 Å². The van der Waals surface area contributed by atoms with Gasteiger partial charge in [-0.05, 0) is 18.2 Å². The van der Waals surface area contributed by atoms with Gasteiger partial charge in [-0.1, -0.05) is 41.4 Å². The second kappa shape index (κ2) is 5.27. The standard InChI is InChI=1S/C14H9Cl2N3O2/c15-9-5-7(6-10(16)13(9)20)17-14(21)12-8-3-1-2-4-11(8)18-19-12/h1-6,20H,(H,17,21)(H,18,19). The van der Waals surface area contributed by atoms with E-state index in [0.717, 1.165) is 5.52 Å². The molecule has 0 unspecified atom stereocenters. The molecule has 3 rings (SSSR count). The van der Waals surface area contributed by atoms with Crippen LogP contribution < -0.4 is 5.32 Å². The molecule has 0 atom stereocenters. The zero-order chi connectivity index (χ0) is 15.0. The van der Waals surface area contributed by atoms with Crippen molar-refractivity contribution in [1.82, 2.24) is 10.2 Å². The monoisotopic (exact) mass is 321 g/mol. The number of hydrogen-bond acceptors (Lipinski definition) is 3. The number of aromatic amines is 1. The molecule has 106 valence electrons. The van der Waals surface area contributed by atoms with Crippen LogP contribution in [0.5, 0.6) is 5.75 Å². The van der Waals surface area contributed by atoms with E-state index < -0.39 is 5.91 Å². The number of fused-ring (bicyclic) bond motifs is 1. The van der Waals surface area contributed by atoms with Crippen LogP contribution in [0, 0.1) is 0 Å². The van der Waals surface area contributed by atoms with Gasteiger partial charge >= 0.3 is 0 Å². The number of H-pyrrole nitrogens is 1. The lowest BCUT2D eigenvalue weighted by Crippen LogP contribution is -2.12. The molecule has 3 aromatic rings. The summed E-state index contributed by atoms with van der Waals surface area (Å²) >= 11 is 11.6. The highest BCUT2D eigenvalue weighted by atomic mass is 35.5. The molecule has 0 aliphatic carbocycles. The van der Waals surface area contributed by atoms with Gasteiger partial charge in [0.15, 0.2) is 11.4 Å². The summed E-state index contributed by atoms with van der Waals surface area (Å²) < 4.78 is 0. The number of rotatable bonds is 2. The van der Waals surface area contributed by atoms with E-state index in [4.69, 9.17) is 23.2 Å². The van der Waals surface area contributed by atoms with Crippen LogP contribution in [0.4, 0.5) is 5.69 Å². The minimum Gasteiger partial charge on any atom is -0.505 e. The van der Waals surface area contributed by atoms with Crippen LogP contribution in [-0.4, -0.2) is 21.2 Å². The first kappa shape index (κ1) is 13.7. The number of carbonyl (C=O) groups is 1. The predicted octanol–water partition coefficient (Wildman–Crippen LogP) is 3.83. The third kappa shape index (κ3) is 2.53. The number of phenolic OH excluding ortho intramolecular Hbond substituents is 1. The van der Waals surface area contributed by atoms with Crippen molar-refractivity contribution in [3.05, 3.63) is 52.1 Å². The third-order valence-electron chi connectivity index (χ3n) is 2.96. The summed E-state index contributed by atoms with van der Waals surface area (Å²) in [5.74, 6) is -0.619. The fourth-order valence-corrected chi connectivity index (χ4v) is 2.45. The van der Waals surface area contributed by atoms with Crippen molar-refractivity contribution >= 4 is 45.7 Å². The molecule has 0 saturated heterocycles. The number of aromatic nitrogens is 2. The van der Waals surface area contributed by atoms with Crippen LogP contribution in [0.2, 0.25) is 10.0 Å². The first-order valence-electron chi connectivity index (χ1n) is 5.98. The topological polar surface area (TPSA) is 78.0 Å². The molecule has 3 N–H and O–H groups in total. The summed E-state index contributed by atoms with van der Waals surface area (Å²) in [5, 5.41) is 19.8. The van der Waals surface area contributed by atoms with Crippen molar-refractivity contribution in [3.8, 4) is 5.75 Å². The summed E-state index contributed by atoms with van der Waals surface area (Å²) in [6, 6.07) is 10.1. The van der Waals surface area contributed by atoms with Crippen molar-refractivity contribution in [2.24, 2.45) is 0 Å². The number of halogens is 2. The van der Waals surface area contributed by atoms with Crippen LogP contribution in [0.1, 0.15) is 10.5 Å². The molecule has 1 heterocycles. The van der Waals surface area contributed by atoms with Gasteiger partial charge in [0.2, 0.25) is 0 Å². The molecule has 0 fully saturated rings. The Balaban J connectivity index is 1.93. The van der Waals surface area contributed by atoms with Gasteiger partial charge in [0.05, 0.1) is 15.6 Å². The van der Waals surface area contributed by atoms with Gasteiger partial charge in [0.1, 0.15) is 0 Å². The predicted molar refractivity (Wildman–Crippen MR) is 82.2 cm³/mol. The van der Waals surface area contributed by atoms with E-state index >= 15 is 0 Å². The highest BCUT2D eigenvalue weighted by Gasteiger charge is 2.15. The Hall–Kier alpha value is -2.24. The van der Waals surface area contributed by atoms with Crippen molar-refractivity contribution in [3.63, 3.8) is 0 Å². The Morgan fingerprint density at radius 3 is 2.57 bits per heavy atom. The van der Waals surface area contributed by atoms with Gasteiger partial charge < -0.3 is 10.4 Å². The van der Waals surface area contributed by atoms with E-state index in [9.17, 15) is 9.90 Å². The van der Waals surface area contributed by atoms with Crippen molar-refractivity contribution < 1.29 is 9.90 Å². The average molecular weight is 322 g/mol. The Morgan fingerprint density at radius 1 is 1.19 bits per heavy atom. The lowest BCUT2D eigenvalue weighted by molar-refractivity contribution is 0.102. The maximum atomic E-state index is 12.3. The molecule has 0 bridgehead atoms. The second-order valence-corrected chi connectivity index (χ2v) is 5.17. The number of phenols is 1. The number of hydrogen-bond donors (Lipinski definition) is 3. The highest BCUT2D eigenvalue weighted by molar-refractivity contribution is 6.37. The summed E-state index contributed by atoms with van der Waals surface area (Å²) in [4.78, 5) is 12.3. The van der Waals surface area contributed by atoms with Gasteiger partial charge in [0.25, 0.3) is 5.91 Å². The molecule has 7 heteroatoms. The summed E-state index contributed by atoms with van der Waals surface area (Å²) in [5.41, 5.74) is 1.41. The Morgan fingerprint density at radius 2 is 1.86 bits per heavy atom. The average Bonchev–Trinajstić information content (AvgIpc) is 2.88. The number of nitrogens with zero attached hydrogens (tertiary/aromatic N) is 1. The van der Waals surface area contributed by atoms with Gasteiger partial charge in [-0.25, -0.2) is 0 Å². The molecule has 5 nitrogen and oxygen atoms in total. The lowest BCUT2D eigenvalue weighted by Gasteiger charge is -2.06. The number of nitrogens with one attached hydrogen (secondary N) is 2. The van der Waals surface area contributed by atoms with Crippen LogP contribution in [0.25, 0.3) is 10.9 Å². The van der Waals surface area contributed by atoms with Crippen molar-refractivity contribution in [1.29, 1.82) is 0 Å². The molecule has 0 aliphatic heterocycles. The van der Waals surface area contributed by atoms with Crippen molar-refractivity contribution in [2.45, 2.75) is 0 Å². The fraction of sp³-hybridized carbons (Fsp3) is 0. The molecule has 0 radical (unpaired) electrons. The van der Waals surface area contributed by atoms with E-state index in [1.165, 1.54) is 12.1 Å². The smallest absolute Gasteiger partial charge is 0.276 e. The molecule has 1 amide bonds. The maximum absolute atomic E-state index is 12.3. The molecule has 0 spiro atoms. The quantitative estimate of drug-likeness (QED) is 0.628. The lowest BCUT2D eigenvalue weighted by atomic mass is 10.2. The molecule has 2 aromatic carbocycles. The molecule has 0 saturated carbocycles. The summed E-state index contributed by atoms with van der Waals surface area (Å²) in [6.45, 7) is 0. The van der Waals surface area contributed by atoms with E-state index in [1.807, 2.05) is 18.2 Å². The number of amides is 1. The summed E-state index contributed by atoms with van der Waals surface area (Å²) in [7, 11) is 0. The highest BCUT2D eigenvalue weighted by Crippen LogP contribution is 2.34. The largest absolute Gasteiger partial charge is 0.505 e. The maximum Gasteiger partial charge on any atom is 0.276 e. The number of anilines is 1. The SMILES string of the molecule is O=C(Nc1cc(Cl)c(O)c(Cl)c1)c1n[nH]c2ccccc12. The number of benzene rings is 2. The Bertz CT molecular complexity index is 822. The molecule has 1 aromatic heterocycles. The normalized spacial score (nSPS) is 10.8. The van der Waals surface area contributed by atoms with E-state index in [2.05, 4.69) is 15.5 Å². The van der Waals surface area contributed by atoms with Crippen LogP contribution in [-0.2, 0) is 0 Å². The summed E-state index contributed by atoms with van der Waals surface area (Å²) in [6.07, 6.45) is 0. The molecule has 21 heavy (non-hydrogen) atoms. The van der Waals surface area contributed by atoms with Crippen LogP contribution in [0.3, 0.4) is 0 Å². The van der Waals surface area contributed by atoms with E-state index in [0.29, 0.717) is 11.1 Å². The van der Waals surface area contributed by atoms with E-state index in [1.54, 1.807) is 6.07 Å². The minimum absolute atomic E-state index is 0.0599. The van der Waals surface area contributed by atoms with Crippen molar-refractivity contribution in [2.75, 3.05) is 5.32 Å².